The van der Waals surface area contributed by atoms with Crippen LogP contribution in [0.5, 0.6) is 5.75 Å². The smallest absolute Gasteiger partial charge is 0.155 e. The summed E-state index contributed by atoms with van der Waals surface area (Å²) in [4.78, 5) is 4.44. The van der Waals surface area contributed by atoms with Crippen molar-refractivity contribution in [3.63, 3.8) is 0 Å². The van der Waals surface area contributed by atoms with Crippen molar-refractivity contribution in [3.8, 4) is 5.75 Å². The molecule has 1 aliphatic heterocycles. The highest BCUT2D eigenvalue weighted by Gasteiger charge is 2.19. The maximum absolute atomic E-state index is 6.07. The van der Waals surface area contributed by atoms with E-state index in [1.54, 1.807) is 0 Å². The number of aliphatic imine (C=N–C) groups is 1. The topological polar surface area (TPSA) is 33.6 Å². The molecule has 0 fully saturated rings. The van der Waals surface area contributed by atoms with Crippen molar-refractivity contribution >= 4 is 5.84 Å². The maximum Gasteiger partial charge on any atom is 0.155 e. The van der Waals surface area contributed by atoms with E-state index in [-0.39, 0.29) is 6.10 Å². The zero-order chi connectivity index (χ0) is 12.3. The second-order valence-electron chi connectivity index (χ2n) is 4.41. The normalized spacial score (nSPS) is 16.3. The van der Waals surface area contributed by atoms with Gasteiger partial charge in [0.1, 0.15) is 11.6 Å². The van der Waals surface area contributed by atoms with Gasteiger partial charge in [0, 0.05) is 6.54 Å². The third kappa shape index (κ3) is 2.60. The van der Waals surface area contributed by atoms with Crippen molar-refractivity contribution in [3.05, 3.63) is 29.3 Å². The van der Waals surface area contributed by atoms with Crippen LogP contribution in [0.4, 0.5) is 0 Å². The van der Waals surface area contributed by atoms with Crippen molar-refractivity contribution in [2.45, 2.75) is 33.3 Å². The molecule has 2 rings (SSSR count). The van der Waals surface area contributed by atoms with Crippen molar-refractivity contribution in [1.82, 2.24) is 5.32 Å². The average molecular weight is 232 g/mol. The predicted molar refractivity (Wildman–Crippen MR) is 70.9 cm³/mol. The molecule has 1 heterocycles. The molecule has 1 aromatic carbocycles. The quantitative estimate of drug-likeness (QED) is 0.865. The summed E-state index contributed by atoms with van der Waals surface area (Å²) in [6.45, 7) is 8.12. The molecule has 0 aliphatic carbocycles. The second kappa shape index (κ2) is 5.21. The van der Waals surface area contributed by atoms with Crippen LogP contribution in [-0.2, 0) is 0 Å². The summed E-state index contributed by atoms with van der Waals surface area (Å²) in [5.41, 5.74) is 2.48. The molecular weight excluding hydrogens is 212 g/mol. The maximum atomic E-state index is 6.07. The summed E-state index contributed by atoms with van der Waals surface area (Å²) in [6.07, 6.45) is 0.983. The lowest BCUT2D eigenvalue weighted by atomic mass is 10.1. The number of rotatable bonds is 4. The third-order valence-electron chi connectivity index (χ3n) is 3.20. The van der Waals surface area contributed by atoms with E-state index in [1.807, 2.05) is 12.1 Å². The lowest BCUT2D eigenvalue weighted by Gasteiger charge is -2.20. The third-order valence-corrected chi connectivity index (χ3v) is 3.20. The van der Waals surface area contributed by atoms with Gasteiger partial charge in [-0.3, -0.25) is 4.99 Å². The second-order valence-corrected chi connectivity index (χ2v) is 4.41. The predicted octanol–water partition coefficient (Wildman–Crippen LogP) is 2.46. The Bertz CT molecular complexity index is 426. The first kappa shape index (κ1) is 12.0. The van der Waals surface area contributed by atoms with Gasteiger partial charge in [-0.05, 0) is 37.5 Å². The van der Waals surface area contributed by atoms with Crippen molar-refractivity contribution in [1.29, 1.82) is 0 Å². The molecule has 0 saturated heterocycles. The van der Waals surface area contributed by atoms with Crippen molar-refractivity contribution in [2.24, 2.45) is 4.99 Å². The van der Waals surface area contributed by atoms with E-state index in [0.29, 0.717) is 0 Å². The number of benzene rings is 1. The fourth-order valence-corrected chi connectivity index (χ4v) is 1.97. The van der Waals surface area contributed by atoms with E-state index in [4.69, 9.17) is 4.74 Å². The molecule has 0 spiro atoms. The fourth-order valence-electron chi connectivity index (χ4n) is 1.97. The number of nitrogens with zero attached hydrogens (tertiary/aromatic N) is 1. The molecule has 1 aromatic rings. The Kier molecular flexibility index (Phi) is 3.67. The zero-order valence-electron chi connectivity index (χ0n) is 10.8. The van der Waals surface area contributed by atoms with Gasteiger partial charge in [0.15, 0.2) is 6.10 Å². The Morgan fingerprint density at radius 3 is 2.88 bits per heavy atom. The van der Waals surface area contributed by atoms with Crippen LogP contribution in [0.2, 0.25) is 0 Å². The molecule has 1 aliphatic rings. The minimum absolute atomic E-state index is 0.0537. The van der Waals surface area contributed by atoms with Crippen LogP contribution in [0.3, 0.4) is 0 Å². The number of hydrogen-bond acceptors (Lipinski definition) is 3. The van der Waals surface area contributed by atoms with Gasteiger partial charge in [-0.1, -0.05) is 19.1 Å². The summed E-state index contributed by atoms with van der Waals surface area (Å²) in [5.74, 6) is 1.96. The summed E-state index contributed by atoms with van der Waals surface area (Å²) >= 11 is 0. The number of amidine groups is 1. The Morgan fingerprint density at radius 2 is 2.24 bits per heavy atom. The highest BCUT2D eigenvalue weighted by Crippen LogP contribution is 2.22. The van der Waals surface area contributed by atoms with Crippen LogP contribution in [0.15, 0.2) is 23.2 Å². The molecule has 1 unspecified atom stereocenters. The van der Waals surface area contributed by atoms with Crippen LogP contribution < -0.4 is 10.1 Å². The van der Waals surface area contributed by atoms with Gasteiger partial charge < -0.3 is 10.1 Å². The molecule has 0 radical (unpaired) electrons. The minimum atomic E-state index is 0.0537. The zero-order valence-corrected chi connectivity index (χ0v) is 10.8. The first-order chi connectivity index (χ1) is 8.22. The van der Waals surface area contributed by atoms with Crippen LogP contribution in [0.25, 0.3) is 0 Å². The molecule has 1 atom stereocenters. The molecular formula is C14H20N2O. The van der Waals surface area contributed by atoms with Gasteiger partial charge in [0.25, 0.3) is 0 Å². The van der Waals surface area contributed by atoms with Gasteiger partial charge in [0.05, 0.1) is 6.54 Å². The Hall–Kier alpha value is -1.51. The fraction of sp³-hybridized carbons (Fsp3) is 0.500. The van der Waals surface area contributed by atoms with Crippen molar-refractivity contribution < 1.29 is 4.74 Å². The number of ether oxygens (including phenoxy) is 1. The SMILES string of the molecule is CCC(Oc1cccc(C)c1C)C1=NCCN1. The summed E-state index contributed by atoms with van der Waals surface area (Å²) in [7, 11) is 0. The molecule has 0 aromatic heterocycles. The lowest BCUT2D eigenvalue weighted by Crippen LogP contribution is -2.35. The Labute approximate surface area is 103 Å². The lowest BCUT2D eigenvalue weighted by molar-refractivity contribution is 0.257. The highest BCUT2D eigenvalue weighted by molar-refractivity contribution is 5.88. The van der Waals surface area contributed by atoms with Crippen LogP contribution in [0.1, 0.15) is 24.5 Å². The van der Waals surface area contributed by atoms with Gasteiger partial charge in [-0.15, -0.1) is 0 Å². The highest BCUT2D eigenvalue weighted by atomic mass is 16.5. The molecule has 0 bridgehead atoms. The van der Waals surface area contributed by atoms with E-state index in [2.05, 4.69) is 37.1 Å². The Balaban J connectivity index is 2.15. The van der Waals surface area contributed by atoms with E-state index >= 15 is 0 Å². The molecule has 17 heavy (non-hydrogen) atoms. The molecule has 0 saturated carbocycles. The van der Waals surface area contributed by atoms with E-state index in [0.717, 1.165) is 31.1 Å². The number of aryl methyl sites for hydroxylation is 1. The van der Waals surface area contributed by atoms with E-state index in [9.17, 15) is 0 Å². The monoisotopic (exact) mass is 232 g/mol. The standard InChI is InChI=1S/C14H20N2O/c1-4-12(14-15-8-9-16-14)17-13-7-5-6-10(2)11(13)3/h5-7,12H,4,8-9H2,1-3H3,(H,15,16). The Morgan fingerprint density at radius 1 is 1.41 bits per heavy atom. The summed E-state index contributed by atoms with van der Waals surface area (Å²) in [5, 5.41) is 3.29. The first-order valence-corrected chi connectivity index (χ1v) is 6.23. The number of nitrogens with one attached hydrogen (secondary N) is 1. The van der Waals surface area contributed by atoms with Crippen LogP contribution in [-0.4, -0.2) is 25.0 Å². The molecule has 3 heteroatoms. The van der Waals surface area contributed by atoms with E-state index < -0.39 is 0 Å². The minimum Gasteiger partial charge on any atom is -0.482 e. The molecule has 1 N–H and O–H groups in total. The molecule has 0 amide bonds. The van der Waals surface area contributed by atoms with Gasteiger partial charge in [0.2, 0.25) is 0 Å². The van der Waals surface area contributed by atoms with Crippen molar-refractivity contribution in [2.75, 3.05) is 13.1 Å². The van der Waals surface area contributed by atoms with Gasteiger partial charge >= 0.3 is 0 Å². The van der Waals surface area contributed by atoms with Gasteiger partial charge in [-0.2, -0.15) is 0 Å². The molecule has 92 valence electrons. The first-order valence-electron chi connectivity index (χ1n) is 6.23. The van der Waals surface area contributed by atoms with Crippen LogP contribution >= 0.6 is 0 Å². The summed E-state index contributed by atoms with van der Waals surface area (Å²) < 4.78 is 6.07. The van der Waals surface area contributed by atoms with Gasteiger partial charge in [-0.25, -0.2) is 0 Å². The van der Waals surface area contributed by atoms with E-state index in [1.165, 1.54) is 11.1 Å². The summed E-state index contributed by atoms with van der Waals surface area (Å²) in [6, 6.07) is 6.17. The molecule has 3 nitrogen and oxygen atoms in total. The average Bonchev–Trinajstić information content (AvgIpc) is 2.85. The van der Waals surface area contributed by atoms with Crippen LogP contribution in [0, 0.1) is 13.8 Å². The number of hydrogen-bond donors (Lipinski definition) is 1. The largest absolute Gasteiger partial charge is 0.482 e.